The van der Waals surface area contributed by atoms with Gasteiger partial charge in [0.05, 0.1) is 32.3 Å². The van der Waals surface area contributed by atoms with E-state index in [0.29, 0.717) is 0 Å². The van der Waals surface area contributed by atoms with Crippen molar-refractivity contribution in [2.75, 3.05) is 6.61 Å². The van der Waals surface area contributed by atoms with E-state index in [1.165, 1.54) is 6.92 Å². The Morgan fingerprint density at radius 2 is 1.29 bits per heavy atom. The molecule has 0 amide bonds. The minimum Gasteiger partial charge on any atom is -0.461 e. The first-order chi connectivity index (χ1) is 16.2. The molecule has 0 saturated carbocycles. The van der Waals surface area contributed by atoms with E-state index in [1.54, 1.807) is 0 Å². The van der Waals surface area contributed by atoms with Crippen molar-refractivity contribution in [3.8, 4) is 22.3 Å². The summed E-state index contributed by atoms with van der Waals surface area (Å²) in [6.07, 6.45) is -10.6. The average Bonchev–Trinajstić information content (AvgIpc) is 2.75. The van der Waals surface area contributed by atoms with Crippen molar-refractivity contribution < 1.29 is 35.9 Å². The SMILES string of the molecule is CCOC(=O)c1nc(C(F)(F)F)c(-c2ccc(Cl)c(Cl)c2)c(-c2ccc(Cl)c(Cl)c2)c1C(F)(F)F. The number of aromatic nitrogens is 1. The van der Waals surface area contributed by atoms with Gasteiger partial charge in [0, 0.05) is 11.1 Å². The van der Waals surface area contributed by atoms with E-state index in [4.69, 9.17) is 46.4 Å². The van der Waals surface area contributed by atoms with Crippen molar-refractivity contribution in [3.05, 3.63) is 73.4 Å². The lowest BCUT2D eigenvalue weighted by Gasteiger charge is -2.24. The lowest BCUT2D eigenvalue weighted by molar-refractivity contribution is -0.144. The Bertz CT molecular complexity index is 1310. The summed E-state index contributed by atoms with van der Waals surface area (Å²) >= 11 is 23.7. The summed E-state index contributed by atoms with van der Waals surface area (Å²) in [6, 6.07) is 6.22. The van der Waals surface area contributed by atoms with Crippen molar-refractivity contribution in [3.63, 3.8) is 0 Å². The lowest BCUT2D eigenvalue weighted by Crippen LogP contribution is -2.23. The number of pyridine rings is 1. The van der Waals surface area contributed by atoms with Crippen LogP contribution in [0.15, 0.2) is 36.4 Å². The maximum absolute atomic E-state index is 14.4. The van der Waals surface area contributed by atoms with Crippen LogP contribution in [0.2, 0.25) is 20.1 Å². The normalized spacial score (nSPS) is 12.1. The van der Waals surface area contributed by atoms with Crippen LogP contribution in [0.1, 0.15) is 28.7 Å². The molecule has 0 radical (unpaired) electrons. The van der Waals surface area contributed by atoms with Crippen LogP contribution in [0.4, 0.5) is 26.3 Å². The van der Waals surface area contributed by atoms with Crippen molar-refractivity contribution in [2.45, 2.75) is 19.3 Å². The van der Waals surface area contributed by atoms with E-state index in [-0.39, 0.29) is 25.7 Å². The third-order valence-corrected chi connectivity index (χ3v) is 6.11. The van der Waals surface area contributed by atoms with Crippen LogP contribution in [0, 0.1) is 0 Å². The number of benzene rings is 2. The highest BCUT2D eigenvalue weighted by molar-refractivity contribution is 6.42. The maximum Gasteiger partial charge on any atom is 0.434 e. The van der Waals surface area contributed by atoms with Gasteiger partial charge in [-0.1, -0.05) is 58.5 Å². The smallest absolute Gasteiger partial charge is 0.434 e. The number of ether oxygens (including phenoxy) is 1. The number of carbonyl (C=O) groups excluding carboxylic acids is 1. The fourth-order valence-electron chi connectivity index (χ4n) is 3.29. The van der Waals surface area contributed by atoms with Gasteiger partial charge in [0.25, 0.3) is 0 Å². The molecule has 13 heteroatoms. The van der Waals surface area contributed by atoms with Crippen molar-refractivity contribution in [2.24, 2.45) is 0 Å². The molecule has 186 valence electrons. The predicted molar refractivity (Wildman–Crippen MR) is 121 cm³/mol. The lowest BCUT2D eigenvalue weighted by atomic mass is 9.88. The van der Waals surface area contributed by atoms with E-state index in [9.17, 15) is 31.1 Å². The zero-order valence-corrected chi connectivity index (χ0v) is 20.2. The molecule has 0 unspecified atom stereocenters. The van der Waals surface area contributed by atoms with Gasteiger partial charge in [-0.15, -0.1) is 0 Å². The number of nitrogens with zero attached hydrogens (tertiary/aromatic N) is 1. The van der Waals surface area contributed by atoms with Crippen LogP contribution < -0.4 is 0 Å². The summed E-state index contributed by atoms with van der Waals surface area (Å²) in [6.45, 7) is 0.871. The summed E-state index contributed by atoms with van der Waals surface area (Å²) in [4.78, 5) is 15.5. The molecule has 3 rings (SSSR count). The Morgan fingerprint density at radius 3 is 1.69 bits per heavy atom. The van der Waals surface area contributed by atoms with Crippen LogP contribution in [0.25, 0.3) is 22.3 Å². The quantitative estimate of drug-likeness (QED) is 0.229. The number of hydrogen-bond acceptors (Lipinski definition) is 3. The van der Waals surface area contributed by atoms with Crippen LogP contribution in [0.3, 0.4) is 0 Å². The Hall–Kier alpha value is -2.20. The van der Waals surface area contributed by atoms with E-state index < -0.39 is 58.6 Å². The molecule has 3 aromatic rings. The van der Waals surface area contributed by atoms with Crippen LogP contribution >= 0.6 is 46.4 Å². The summed E-state index contributed by atoms with van der Waals surface area (Å²) in [5, 5.41) is -0.566. The summed E-state index contributed by atoms with van der Waals surface area (Å²) in [7, 11) is 0. The van der Waals surface area contributed by atoms with Gasteiger partial charge in [0.1, 0.15) is 0 Å². The fourth-order valence-corrected chi connectivity index (χ4v) is 3.88. The van der Waals surface area contributed by atoms with Crippen molar-refractivity contribution >= 4 is 52.4 Å². The Balaban J connectivity index is 2.65. The first-order valence-electron chi connectivity index (χ1n) is 9.47. The van der Waals surface area contributed by atoms with Gasteiger partial charge in [-0.2, -0.15) is 26.3 Å². The van der Waals surface area contributed by atoms with Crippen LogP contribution in [-0.2, 0) is 17.1 Å². The predicted octanol–water partition coefficient (Wildman–Crippen LogP) is 9.24. The van der Waals surface area contributed by atoms with E-state index in [0.717, 1.165) is 36.4 Å². The minimum absolute atomic E-state index is 0.0489. The van der Waals surface area contributed by atoms with Gasteiger partial charge < -0.3 is 4.74 Å². The van der Waals surface area contributed by atoms with E-state index in [2.05, 4.69) is 9.72 Å². The second-order valence-electron chi connectivity index (χ2n) is 6.91. The van der Waals surface area contributed by atoms with Gasteiger partial charge in [-0.3, -0.25) is 0 Å². The van der Waals surface area contributed by atoms with Gasteiger partial charge in [-0.25, -0.2) is 9.78 Å². The molecule has 0 N–H and O–H groups in total. The highest BCUT2D eigenvalue weighted by Gasteiger charge is 2.46. The second-order valence-corrected chi connectivity index (χ2v) is 8.54. The zero-order valence-electron chi connectivity index (χ0n) is 17.2. The third-order valence-electron chi connectivity index (χ3n) is 4.63. The second kappa shape index (κ2) is 10.0. The Morgan fingerprint density at radius 1 is 0.800 bits per heavy atom. The Labute approximate surface area is 214 Å². The topological polar surface area (TPSA) is 39.2 Å². The van der Waals surface area contributed by atoms with E-state index in [1.807, 2.05) is 0 Å². The molecule has 0 aliphatic rings. The molecule has 3 nitrogen and oxygen atoms in total. The monoisotopic (exact) mass is 575 g/mol. The molecule has 0 spiro atoms. The molecule has 0 aliphatic carbocycles. The summed E-state index contributed by atoms with van der Waals surface area (Å²) < 4.78 is 90.4. The number of esters is 1. The fraction of sp³-hybridized carbons (Fsp3) is 0.182. The summed E-state index contributed by atoms with van der Waals surface area (Å²) in [5.74, 6) is -1.69. The minimum atomic E-state index is -5.34. The Kier molecular flexibility index (Phi) is 7.86. The standard InChI is InChI=1S/C22H11Cl4F6NO2/c1-2-35-20(34)18-17(21(27,28)29)15(9-3-5-11(23)13(25)7-9)16(19(33-18)22(30,31)32)10-4-6-12(24)14(26)8-10/h3-8H,2H2,1H3. The third kappa shape index (κ3) is 5.63. The number of alkyl halides is 6. The molecule has 0 aliphatic heterocycles. The highest BCUT2D eigenvalue weighted by Crippen LogP contribution is 2.50. The van der Waals surface area contributed by atoms with Crippen LogP contribution in [0.5, 0.6) is 0 Å². The van der Waals surface area contributed by atoms with Crippen molar-refractivity contribution in [1.29, 1.82) is 0 Å². The molecule has 2 aromatic carbocycles. The molecule has 1 heterocycles. The maximum atomic E-state index is 14.4. The van der Waals surface area contributed by atoms with Gasteiger partial charge >= 0.3 is 18.3 Å². The molecule has 0 saturated heterocycles. The molecule has 35 heavy (non-hydrogen) atoms. The van der Waals surface area contributed by atoms with Crippen LogP contribution in [-0.4, -0.2) is 17.6 Å². The van der Waals surface area contributed by atoms with Gasteiger partial charge in [0.2, 0.25) is 0 Å². The molecule has 0 atom stereocenters. The van der Waals surface area contributed by atoms with Gasteiger partial charge in [0.15, 0.2) is 11.4 Å². The largest absolute Gasteiger partial charge is 0.461 e. The number of hydrogen-bond donors (Lipinski definition) is 0. The van der Waals surface area contributed by atoms with Crippen molar-refractivity contribution in [1.82, 2.24) is 4.98 Å². The first kappa shape index (κ1) is 27.4. The average molecular weight is 577 g/mol. The number of rotatable bonds is 4. The molecule has 0 bridgehead atoms. The molecule has 1 aromatic heterocycles. The first-order valence-corrected chi connectivity index (χ1v) is 11.0. The summed E-state index contributed by atoms with van der Waals surface area (Å²) in [5.41, 5.74) is -7.88. The number of carbonyl (C=O) groups is 1. The van der Waals surface area contributed by atoms with Gasteiger partial charge in [-0.05, 0) is 42.3 Å². The zero-order chi connectivity index (χ0) is 26.3. The highest BCUT2D eigenvalue weighted by atomic mass is 35.5. The van der Waals surface area contributed by atoms with E-state index >= 15 is 0 Å². The molecular weight excluding hydrogens is 566 g/mol. The molecular formula is C22H11Cl4F6NO2. The molecule has 0 fully saturated rings. The number of halogens is 10.